The van der Waals surface area contributed by atoms with Gasteiger partial charge in [-0.25, -0.2) is 9.59 Å². The lowest BCUT2D eigenvalue weighted by Crippen LogP contribution is -2.41. The largest absolute Gasteiger partial charge is 0.448 e. The molecule has 1 aromatic heterocycles. The highest BCUT2D eigenvalue weighted by Crippen LogP contribution is 2.39. The van der Waals surface area contributed by atoms with E-state index >= 15 is 0 Å². The molecule has 2 aliphatic rings. The molecule has 0 spiro atoms. The van der Waals surface area contributed by atoms with Gasteiger partial charge in [-0.3, -0.25) is 9.69 Å². The Morgan fingerprint density at radius 2 is 2.00 bits per heavy atom. The first kappa shape index (κ1) is 16.8. The topological polar surface area (TPSA) is 75.7 Å². The quantitative estimate of drug-likeness (QED) is 0.843. The van der Waals surface area contributed by atoms with Gasteiger partial charge in [-0.1, -0.05) is 24.3 Å². The summed E-state index contributed by atoms with van der Waals surface area (Å²) in [6, 6.07) is 9.61. The third-order valence-electron chi connectivity index (χ3n) is 4.69. The normalized spacial score (nSPS) is 16.5. The van der Waals surface area contributed by atoms with Crippen LogP contribution in [0.15, 0.2) is 30.3 Å². The van der Waals surface area contributed by atoms with Gasteiger partial charge in [0.2, 0.25) is 0 Å². The maximum atomic E-state index is 12.5. The number of amides is 3. The molecule has 26 heavy (non-hydrogen) atoms. The van der Waals surface area contributed by atoms with Crippen molar-refractivity contribution >= 4 is 29.2 Å². The summed E-state index contributed by atoms with van der Waals surface area (Å²) in [5.74, 6) is -1.03. The summed E-state index contributed by atoms with van der Waals surface area (Å²) in [5, 5.41) is 2.56. The molecule has 1 saturated heterocycles. The number of ether oxygens (including phenoxy) is 1. The van der Waals surface area contributed by atoms with Crippen LogP contribution in [0.2, 0.25) is 0 Å². The summed E-state index contributed by atoms with van der Waals surface area (Å²) in [7, 11) is 0. The van der Waals surface area contributed by atoms with Crippen LogP contribution in [0.4, 0.5) is 4.79 Å². The van der Waals surface area contributed by atoms with Crippen LogP contribution in [0.1, 0.15) is 27.7 Å². The van der Waals surface area contributed by atoms with Gasteiger partial charge in [-0.15, -0.1) is 11.3 Å². The number of imide groups is 1. The van der Waals surface area contributed by atoms with Gasteiger partial charge in [0.25, 0.3) is 5.91 Å². The van der Waals surface area contributed by atoms with Crippen molar-refractivity contribution < 1.29 is 19.1 Å². The molecule has 1 aliphatic heterocycles. The van der Waals surface area contributed by atoms with Gasteiger partial charge in [0.15, 0.2) is 6.10 Å². The molecular formula is C19H18N2O4S. The van der Waals surface area contributed by atoms with Crippen LogP contribution in [0, 0.1) is 0 Å². The van der Waals surface area contributed by atoms with Crippen molar-refractivity contribution in [3.8, 4) is 10.4 Å². The predicted molar refractivity (Wildman–Crippen MR) is 97.2 cm³/mol. The van der Waals surface area contributed by atoms with E-state index in [0.29, 0.717) is 18.0 Å². The number of fused-ring (bicyclic) bond motifs is 3. The summed E-state index contributed by atoms with van der Waals surface area (Å²) in [6.07, 6.45) is 0.837. The Balaban J connectivity index is 1.51. The standard InChI is InChI=1S/C19H18N2O4S/c1-11(17(22)21-9-8-20-19(21)24)25-18(23)15-10-13-7-6-12-4-2-3-5-14(12)16(13)26-15/h2-5,10-11H,6-9H2,1H3,(H,20,24). The van der Waals surface area contributed by atoms with E-state index in [0.717, 1.165) is 33.7 Å². The molecule has 1 fully saturated rings. The van der Waals surface area contributed by atoms with E-state index in [9.17, 15) is 14.4 Å². The van der Waals surface area contributed by atoms with Gasteiger partial charge >= 0.3 is 12.0 Å². The third-order valence-corrected chi connectivity index (χ3v) is 5.88. The molecule has 2 heterocycles. The summed E-state index contributed by atoms with van der Waals surface area (Å²) in [4.78, 5) is 39.0. The molecule has 1 N–H and O–H groups in total. The lowest BCUT2D eigenvalue weighted by molar-refractivity contribution is -0.135. The Labute approximate surface area is 154 Å². The Kier molecular flexibility index (Phi) is 4.24. The number of thiophene rings is 1. The van der Waals surface area contributed by atoms with Crippen molar-refractivity contribution in [3.05, 3.63) is 46.3 Å². The van der Waals surface area contributed by atoms with Crippen LogP contribution in [-0.4, -0.2) is 42.0 Å². The van der Waals surface area contributed by atoms with E-state index < -0.39 is 24.0 Å². The van der Waals surface area contributed by atoms with E-state index in [1.54, 1.807) is 0 Å². The zero-order valence-electron chi connectivity index (χ0n) is 14.3. The average Bonchev–Trinajstić information content (AvgIpc) is 3.27. The van der Waals surface area contributed by atoms with Crippen molar-refractivity contribution in [2.75, 3.05) is 13.1 Å². The fourth-order valence-corrected chi connectivity index (χ4v) is 4.50. The molecule has 0 saturated carbocycles. The zero-order chi connectivity index (χ0) is 18.3. The summed E-state index contributed by atoms with van der Waals surface area (Å²) >= 11 is 1.39. The first-order valence-corrected chi connectivity index (χ1v) is 9.37. The Morgan fingerprint density at radius 3 is 2.77 bits per heavy atom. The molecule has 1 aromatic carbocycles. The summed E-state index contributed by atoms with van der Waals surface area (Å²) < 4.78 is 5.32. The number of hydrogen-bond acceptors (Lipinski definition) is 5. The van der Waals surface area contributed by atoms with Crippen LogP contribution in [0.25, 0.3) is 10.4 Å². The van der Waals surface area contributed by atoms with Gasteiger partial charge in [-0.05, 0) is 42.5 Å². The molecule has 2 aromatic rings. The number of benzene rings is 1. The second-order valence-corrected chi connectivity index (χ2v) is 7.44. The van der Waals surface area contributed by atoms with Gasteiger partial charge in [0, 0.05) is 18.0 Å². The Bertz CT molecular complexity index is 905. The van der Waals surface area contributed by atoms with Crippen LogP contribution in [-0.2, 0) is 22.4 Å². The molecule has 1 unspecified atom stereocenters. The van der Waals surface area contributed by atoms with Gasteiger partial charge < -0.3 is 10.1 Å². The lowest BCUT2D eigenvalue weighted by Gasteiger charge is -2.17. The number of carbonyl (C=O) groups excluding carboxylic acids is 3. The fourth-order valence-electron chi connectivity index (χ4n) is 3.34. The molecule has 3 amide bonds. The highest BCUT2D eigenvalue weighted by Gasteiger charge is 2.32. The number of hydrogen-bond donors (Lipinski definition) is 1. The maximum Gasteiger partial charge on any atom is 0.349 e. The van der Waals surface area contributed by atoms with E-state index in [1.807, 2.05) is 18.2 Å². The third kappa shape index (κ3) is 2.88. The zero-order valence-corrected chi connectivity index (χ0v) is 15.1. The van der Waals surface area contributed by atoms with E-state index in [1.165, 1.54) is 23.8 Å². The molecule has 7 heteroatoms. The SMILES string of the molecule is CC(OC(=O)c1cc2c(s1)-c1ccccc1CC2)C(=O)N1CCNC1=O. The molecular weight excluding hydrogens is 352 g/mol. The van der Waals surface area contributed by atoms with Gasteiger partial charge in [-0.2, -0.15) is 0 Å². The van der Waals surface area contributed by atoms with E-state index in [4.69, 9.17) is 4.74 Å². The highest BCUT2D eigenvalue weighted by molar-refractivity contribution is 7.17. The van der Waals surface area contributed by atoms with E-state index in [2.05, 4.69) is 17.4 Å². The number of aryl methyl sites for hydroxylation is 2. The summed E-state index contributed by atoms with van der Waals surface area (Å²) in [6.45, 7) is 2.21. The lowest BCUT2D eigenvalue weighted by atomic mass is 9.91. The first-order valence-electron chi connectivity index (χ1n) is 8.56. The molecule has 1 atom stereocenters. The summed E-state index contributed by atoms with van der Waals surface area (Å²) in [5.41, 5.74) is 3.58. The number of nitrogens with one attached hydrogen (secondary N) is 1. The first-order chi connectivity index (χ1) is 12.5. The molecule has 6 nitrogen and oxygen atoms in total. The number of nitrogens with zero attached hydrogens (tertiary/aromatic N) is 1. The number of rotatable bonds is 3. The molecule has 0 bridgehead atoms. The minimum Gasteiger partial charge on any atom is -0.448 e. The van der Waals surface area contributed by atoms with Crippen molar-refractivity contribution in [2.45, 2.75) is 25.9 Å². The second kappa shape index (κ2) is 6.57. The second-order valence-electron chi connectivity index (χ2n) is 6.39. The molecule has 1 aliphatic carbocycles. The van der Waals surface area contributed by atoms with Gasteiger partial charge in [0.1, 0.15) is 4.88 Å². The predicted octanol–water partition coefficient (Wildman–Crippen LogP) is 2.61. The van der Waals surface area contributed by atoms with Crippen LogP contribution >= 0.6 is 11.3 Å². The van der Waals surface area contributed by atoms with Crippen molar-refractivity contribution in [3.63, 3.8) is 0 Å². The van der Waals surface area contributed by atoms with Gasteiger partial charge in [0.05, 0.1) is 0 Å². The minimum atomic E-state index is -1.00. The van der Waals surface area contributed by atoms with Crippen LogP contribution in [0.3, 0.4) is 0 Å². The average molecular weight is 370 g/mol. The Morgan fingerprint density at radius 1 is 1.23 bits per heavy atom. The van der Waals surface area contributed by atoms with Crippen LogP contribution < -0.4 is 5.32 Å². The van der Waals surface area contributed by atoms with Crippen molar-refractivity contribution in [2.24, 2.45) is 0 Å². The molecule has 134 valence electrons. The number of carbonyl (C=O) groups is 3. The molecule has 0 radical (unpaired) electrons. The van der Waals surface area contributed by atoms with Crippen LogP contribution in [0.5, 0.6) is 0 Å². The minimum absolute atomic E-state index is 0.295. The van der Waals surface area contributed by atoms with Crippen molar-refractivity contribution in [1.29, 1.82) is 0 Å². The fraction of sp³-hybridized carbons (Fsp3) is 0.316. The van der Waals surface area contributed by atoms with Crippen molar-refractivity contribution in [1.82, 2.24) is 10.2 Å². The number of urea groups is 1. The highest BCUT2D eigenvalue weighted by atomic mass is 32.1. The number of esters is 1. The smallest absolute Gasteiger partial charge is 0.349 e. The Hall–Kier alpha value is -2.67. The van der Waals surface area contributed by atoms with E-state index in [-0.39, 0.29) is 0 Å². The monoisotopic (exact) mass is 370 g/mol. The maximum absolute atomic E-state index is 12.5. The molecule has 4 rings (SSSR count).